The zero-order valence-corrected chi connectivity index (χ0v) is 17.6. The maximum Gasteiger partial charge on any atom is 0.338 e. The van der Waals surface area contributed by atoms with E-state index in [1.165, 1.54) is 13.0 Å². The quantitative estimate of drug-likeness (QED) is 0.173. The van der Waals surface area contributed by atoms with Crippen molar-refractivity contribution in [3.05, 3.63) is 94.3 Å². The number of carbonyl (C=O) groups is 2. The van der Waals surface area contributed by atoms with E-state index in [0.29, 0.717) is 16.8 Å². The number of nitrogens with zero attached hydrogens (tertiary/aromatic N) is 2. The summed E-state index contributed by atoms with van der Waals surface area (Å²) in [6.07, 6.45) is 3.02. The lowest BCUT2D eigenvalue weighted by Crippen LogP contribution is -2.24. The predicted molar refractivity (Wildman–Crippen MR) is 116 cm³/mol. The number of carbonyl (C=O) groups excluding carboxylic acids is 2. The van der Waals surface area contributed by atoms with Crippen LogP contribution in [0.1, 0.15) is 43.7 Å². The summed E-state index contributed by atoms with van der Waals surface area (Å²) in [6, 6.07) is 14.1. The normalized spacial score (nSPS) is 11.0. The second-order valence-corrected chi connectivity index (χ2v) is 7.32. The molecular weight excluding hydrogens is 384 g/mol. The molecule has 30 heavy (non-hydrogen) atoms. The highest BCUT2D eigenvalue weighted by Crippen LogP contribution is 2.18. The van der Waals surface area contributed by atoms with Gasteiger partial charge in [-0.3, -0.25) is 19.9 Å². The lowest BCUT2D eigenvalue weighted by molar-refractivity contribution is -0.465. The molecule has 0 bridgehead atoms. The Labute approximate surface area is 176 Å². The van der Waals surface area contributed by atoms with Crippen LogP contribution < -0.4 is 0 Å². The molecule has 0 N–H and O–H groups in total. The highest BCUT2D eigenvalue weighted by Gasteiger charge is 2.19. The number of pyridine rings is 1. The van der Waals surface area contributed by atoms with Crippen LogP contribution in [0.4, 0.5) is 0 Å². The van der Waals surface area contributed by atoms with E-state index in [9.17, 15) is 19.7 Å². The SMILES string of the molecule is C=C(C=C(C[N+](=O)[O-])c1ccccc1)C(=O)OC(C)(C)C.CC(=O)c1ccccn1. The van der Waals surface area contributed by atoms with Gasteiger partial charge < -0.3 is 4.74 Å². The third-order valence-corrected chi connectivity index (χ3v) is 3.48. The first-order chi connectivity index (χ1) is 14.0. The number of hydrogen-bond donors (Lipinski definition) is 0. The molecular formula is C23H26N2O5. The standard InChI is InChI=1S/C16H19NO4.C7H7NO/c1-12(15(18)21-16(2,3)4)10-14(11-17(19)20)13-8-6-5-7-9-13;1-6(9)7-4-2-3-5-8-7/h5-10H,1,11H2,2-4H3;2-5H,1H3. The number of nitro groups is 1. The van der Waals surface area contributed by atoms with Crippen molar-refractivity contribution in [2.24, 2.45) is 0 Å². The summed E-state index contributed by atoms with van der Waals surface area (Å²) >= 11 is 0. The summed E-state index contributed by atoms with van der Waals surface area (Å²) < 4.78 is 5.19. The molecule has 7 heteroatoms. The van der Waals surface area contributed by atoms with Gasteiger partial charge in [-0.05, 0) is 44.5 Å². The molecule has 0 amide bonds. The second kappa shape index (κ2) is 11.4. The second-order valence-electron chi connectivity index (χ2n) is 7.32. The molecule has 0 unspecified atom stereocenters. The summed E-state index contributed by atoms with van der Waals surface area (Å²) in [5.41, 5.74) is 1.07. The first kappa shape index (κ1) is 24.4. The Bertz CT molecular complexity index is 914. The van der Waals surface area contributed by atoms with Crippen LogP contribution >= 0.6 is 0 Å². The Hall–Kier alpha value is -3.61. The van der Waals surface area contributed by atoms with Crippen LogP contribution in [-0.2, 0) is 9.53 Å². The average molecular weight is 410 g/mol. The van der Waals surface area contributed by atoms with Crippen LogP contribution in [0.25, 0.3) is 5.57 Å². The van der Waals surface area contributed by atoms with E-state index in [1.54, 1.807) is 69.4 Å². The van der Waals surface area contributed by atoms with Crippen molar-refractivity contribution >= 4 is 17.3 Å². The van der Waals surface area contributed by atoms with Gasteiger partial charge in [-0.25, -0.2) is 4.79 Å². The van der Waals surface area contributed by atoms with Crippen LogP contribution in [0.3, 0.4) is 0 Å². The molecule has 1 aromatic carbocycles. The maximum absolute atomic E-state index is 11.9. The molecule has 0 fully saturated rings. The molecule has 0 saturated heterocycles. The molecule has 0 aliphatic heterocycles. The number of Topliss-reactive ketones (excluding diaryl/α,β-unsaturated/α-hetero) is 1. The van der Waals surface area contributed by atoms with Gasteiger partial charge in [0.05, 0.1) is 5.57 Å². The van der Waals surface area contributed by atoms with Gasteiger partial charge in [0.1, 0.15) is 11.3 Å². The number of benzene rings is 1. The van der Waals surface area contributed by atoms with Crippen LogP contribution in [0.2, 0.25) is 0 Å². The van der Waals surface area contributed by atoms with Crippen molar-refractivity contribution in [2.45, 2.75) is 33.3 Å². The van der Waals surface area contributed by atoms with E-state index in [2.05, 4.69) is 11.6 Å². The number of ether oxygens (including phenoxy) is 1. The van der Waals surface area contributed by atoms with Gasteiger partial charge in [0.25, 0.3) is 0 Å². The van der Waals surface area contributed by atoms with E-state index in [-0.39, 0.29) is 17.9 Å². The van der Waals surface area contributed by atoms with Crippen molar-refractivity contribution in [1.82, 2.24) is 4.98 Å². The third-order valence-electron chi connectivity index (χ3n) is 3.48. The zero-order valence-electron chi connectivity index (χ0n) is 17.6. The van der Waals surface area contributed by atoms with Gasteiger partial charge in [-0.1, -0.05) is 43.0 Å². The molecule has 0 aliphatic carbocycles. The Morgan fingerprint density at radius 1 is 1.13 bits per heavy atom. The van der Waals surface area contributed by atoms with Gasteiger partial charge in [-0.2, -0.15) is 0 Å². The highest BCUT2D eigenvalue weighted by atomic mass is 16.6. The zero-order chi connectivity index (χ0) is 22.7. The summed E-state index contributed by atoms with van der Waals surface area (Å²) in [7, 11) is 0. The lowest BCUT2D eigenvalue weighted by atomic mass is 10.0. The van der Waals surface area contributed by atoms with Gasteiger partial charge in [0, 0.05) is 23.6 Å². The van der Waals surface area contributed by atoms with Crippen molar-refractivity contribution in [2.75, 3.05) is 6.54 Å². The largest absolute Gasteiger partial charge is 0.456 e. The van der Waals surface area contributed by atoms with Crippen LogP contribution in [0.15, 0.2) is 73.0 Å². The fraction of sp³-hybridized carbons (Fsp3) is 0.261. The van der Waals surface area contributed by atoms with Crippen molar-refractivity contribution in [3.8, 4) is 0 Å². The Kier molecular flexibility index (Phi) is 9.29. The fourth-order valence-electron chi connectivity index (χ4n) is 2.20. The van der Waals surface area contributed by atoms with Gasteiger partial charge >= 0.3 is 5.97 Å². The summed E-state index contributed by atoms with van der Waals surface area (Å²) in [6.45, 7) is 10.00. The first-order valence-electron chi connectivity index (χ1n) is 9.21. The molecule has 158 valence electrons. The van der Waals surface area contributed by atoms with E-state index >= 15 is 0 Å². The van der Waals surface area contributed by atoms with Crippen LogP contribution in [0.5, 0.6) is 0 Å². The topological polar surface area (TPSA) is 99.4 Å². The molecule has 2 aromatic rings. The van der Waals surface area contributed by atoms with E-state index < -0.39 is 16.5 Å². The van der Waals surface area contributed by atoms with Crippen LogP contribution in [-0.4, -0.2) is 33.8 Å². The van der Waals surface area contributed by atoms with E-state index in [1.807, 2.05) is 6.07 Å². The molecule has 0 atom stereocenters. The molecule has 1 aromatic heterocycles. The molecule has 0 aliphatic rings. The number of ketones is 1. The molecule has 7 nitrogen and oxygen atoms in total. The van der Waals surface area contributed by atoms with Crippen LogP contribution in [0, 0.1) is 10.1 Å². The van der Waals surface area contributed by atoms with Crippen molar-refractivity contribution in [1.29, 1.82) is 0 Å². The minimum Gasteiger partial charge on any atom is -0.456 e. The average Bonchev–Trinajstić information content (AvgIpc) is 2.67. The number of esters is 1. The Balaban J connectivity index is 0.000000414. The van der Waals surface area contributed by atoms with Crippen molar-refractivity contribution < 1.29 is 19.2 Å². The Morgan fingerprint density at radius 3 is 2.17 bits per heavy atom. The van der Waals surface area contributed by atoms with E-state index in [4.69, 9.17) is 4.74 Å². The molecule has 0 spiro atoms. The number of rotatable bonds is 6. The Morgan fingerprint density at radius 2 is 1.73 bits per heavy atom. The first-order valence-corrected chi connectivity index (χ1v) is 9.21. The summed E-state index contributed by atoms with van der Waals surface area (Å²) in [5, 5.41) is 10.8. The van der Waals surface area contributed by atoms with Crippen molar-refractivity contribution in [3.63, 3.8) is 0 Å². The molecule has 0 saturated carbocycles. The molecule has 0 radical (unpaired) electrons. The van der Waals surface area contributed by atoms with Gasteiger partial charge in [-0.15, -0.1) is 0 Å². The fourth-order valence-corrected chi connectivity index (χ4v) is 2.20. The molecule has 1 heterocycles. The molecule has 2 rings (SSSR count). The highest BCUT2D eigenvalue weighted by molar-refractivity contribution is 5.94. The third kappa shape index (κ3) is 9.54. The predicted octanol–water partition coefficient (Wildman–Crippen LogP) is 4.53. The maximum atomic E-state index is 11.9. The number of hydrogen-bond acceptors (Lipinski definition) is 6. The number of aromatic nitrogens is 1. The summed E-state index contributed by atoms with van der Waals surface area (Å²) in [5.74, 6) is -0.574. The summed E-state index contributed by atoms with van der Waals surface area (Å²) in [4.78, 5) is 36.6. The minimum atomic E-state index is -0.635. The lowest BCUT2D eigenvalue weighted by Gasteiger charge is -2.19. The van der Waals surface area contributed by atoms with E-state index in [0.717, 1.165) is 0 Å². The van der Waals surface area contributed by atoms with Gasteiger partial charge in [0.2, 0.25) is 6.54 Å². The van der Waals surface area contributed by atoms with Gasteiger partial charge in [0.15, 0.2) is 5.78 Å². The smallest absolute Gasteiger partial charge is 0.338 e. The minimum absolute atomic E-state index is 0.00981. The monoisotopic (exact) mass is 410 g/mol.